The number of carbonyl (C=O) groups is 3. The van der Waals surface area contributed by atoms with Crippen molar-refractivity contribution < 1.29 is 19.1 Å². The Morgan fingerprint density at radius 3 is 2.21 bits per heavy atom. The molecular weight excluding hydrogens is 472 g/mol. The number of hydrogen-bond donors (Lipinski definition) is 0. The number of carbonyl (C=O) groups excluding carboxylic acids is 3. The predicted octanol–water partition coefficient (Wildman–Crippen LogP) is 7.76. The molecule has 38 heavy (non-hydrogen) atoms. The maximum absolute atomic E-state index is 15.1. The molecule has 0 aromatic heterocycles. The summed E-state index contributed by atoms with van der Waals surface area (Å²) in [6, 6.07) is 9.04. The Morgan fingerprint density at radius 2 is 1.61 bits per heavy atom. The van der Waals surface area contributed by atoms with Crippen LogP contribution in [0.25, 0.3) is 0 Å². The van der Waals surface area contributed by atoms with Gasteiger partial charge in [-0.05, 0) is 90.7 Å². The fraction of sp³-hybridized carbons (Fsp3) is 0.500. The van der Waals surface area contributed by atoms with Gasteiger partial charge in [0.1, 0.15) is 11.4 Å². The first-order chi connectivity index (χ1) is 17.7. The third kappa shape index (κ3) is 4.17. The maximum atomic E-state index is 15.1. The summed E-state index contributed by atoms with van der Waals surface area (Å²) in [7, 11) is 0. The fourth-order valence-electron chi connectivity index (χ4n) is 6.74. The van der Waals surface area contributed by atoms with E-state index in [0.717, 1.165) is 5.57 Å². The van der Waals surface area contributed by atoms with Gasteiger partial charge in [0.05, 0.1) is 11.0 Å². The lowest BCUT2D eigenvalue weighted by Crippen LogP contribution is -2.69. The lowest BCUT2D eigenvalue weighted by atomic mass is 9.39. The van der Waals surface area contributed by atoms with E-state index in [1.807, 2.05) is 71.9 Å². The van der Waals surface area contributed by atoms with Crippen LogP contribution in [0.1, 0.15) is 91.4 Å². The highest BCUT2D eigenvalue weighted by molar-refractivity contribution is 6.30. The van der Waals surface area contributed by atoms with Crippen molar-refractivity contribution in [3.63, 3.8) is 0 Å². The number of allylic oxidation sites excluding steroid dienone is 7. The molecule has 1 saturated carbocycles. The van der Waals surface area contributed by atoms with Gasteiger partial charge < -0.3 is 4.74 Å². The van der Waals surface area contributed by atoms with Crippen molar-refractivity contribution in [1.82, 2.24) is 0 Å². The summed E-state index contributed by atoms with van der Waals surface area (Å²) in [5.74, 6) is -0.578. The number of Topliss-reactive ketones (excluding diaryl/α,β-unsaturated/α-hetero) is 3. The number of ketones is 3. The maximum Gasteiger partial charge on any atom is 0.184 e. The van der Waals surface area contributed by atoms with Gasteiger partial charge in [0.25, 0.3) is 0 Å². The third-order valence-electron chi connectivity index (χ3n) is 8.95. The zero-order valence-electron chi connectivity index (χ0n) is 24.2. The summed E-state index contributed by atoms with van der Waals surface area (Å²) < 4.78 is 6.55. The van der Waals surface area contributed by atoms with E-state index >= 15 is 4.79 Å². The van der Waals surface area contributed by atoms with E-state index in [4.69, 9.17) is 4.74 Å². The minimum atomic E-state index is -1.61. The van der Waals surface area contributed by atoms with E-state index in [1.165, 1.54) is 5.57 Å². The van der Waals surface area contributed by atoms with E-state index < -0.39 is 21.8 Å². The van der Waals surface area contributed by atoms with Crippen LogP contribution in [0.15, 0.2) is 77.1 Å². The molecule has 202 valence electrons. The zero-order valence-corrected chi connectivity index (χ0v) is 24.2. The van der Waals surface area contributed by atoms with E-state index in [-0.39, 0.29) is 29.0 Å². The number of ether oxygens (including phenoxy) is 1. The van der Waals surface area contributed by atoms with Crippen LogP contribution >= 0.6 is 0 Å². The molecule has 0 N–H and O–H groups in total. The molecule has 1 fully saturated rings. The second-order valence-corrected chi connectivity index (χ2v) is 12.9. The van der Waals surface area contributed by atoms with E-state index in [2.05, 4.69) is 26.0 Å². The Labute approximate surface area is 227 Å². The first-order valence-corrected chi connectivity index (χ1v) is 13.8. The van der Waals surface area contributed by atoms with Gasteiger partial charge in [-0.2, -0.15) is 0 Å². The first-order valence-electron chi connectivity index (χ1n) is 13.8. The van der Waals surface area contributed by atoms with Crippen molar-refractivity contribution in [2.75, 3.05) is 0 Å². The molecule has 3 unspecified atom stereocenters. The lowest BCUT2D eigenvalue weighted by molar-refractivity contribution is -0.168. The van der Waals surface area contributed by atoms with E-state index in [9.17, 15) is 9.59 Å². The molecule has 0 saturated heterocycles. The SMILES string of the molecule is CC(C)=CCCC12CC(CC=C(C)C)C(C)(C)C(C(=O)c3ccccc3)(C1=O)C1=C(C=CC(C)(C)O1)C2=O. The van der Waals surface area contributed by atoms with Crippen LogP contribution < -0.4 is 0 Å². The Morgan fingerprint density at radius 1 is 0.974 bits per heavy atom. The molecule has 4 rings (SSSR count). The lowest BCUT2D eigenvalue weighted by Gasteiger charge is -2.61. The zero-order chi connectivity index (χ0) is 28.1. The summed E-state index contributed by atoms with van der Waals surface area (Å²) in [5, 5.41) is 0. The van der Waals surface area contributed by atoms with Crippen LogP contribution in [-0.4, -0.2) is 23.0 Å². The number of fused-ring (bicyclic) bond motifs is 3. The Balaban J connectivity index is 2.08. The highest BCUT2D eigenvalue weighted by atomic mass is 16.5. The van der Waals surface area contributed by atoms with Gasteiger partial charge >= 0.3 is 0 Å². The van der Waals surface area contributed by atoms with Crippen LogP contribution in [0.2, 0.25) is 0 Å². The third-order valence-corrected chi connectivity index (χ3v) is 8.95. The van der Waals surface area contributed by atoms with Gasteiger partial charge in [-0.15, -0.1) is 0 Å². The van der Waals surface area contributed by atoms with Gasteiger partial charge in [-0.3, -0.25) is 14.4 Å². The van der Waals surface area contributed by atoms with Gasteiger partial charge in [0.15, 0.2) is 22.8 Å². The smallest absolute Gasteiger partial charge is 0.184 e. The Kier molecular flexibility index (Phi) is 7.10. The molecule has 4 heteroatoms. The minimum Gasteiger partial charge on any atom is -0.486 e. The average Bonchev–Trinajstić information content (AvgIpc) is 2.83. The number of rotatable bonds is 7. The minimum absolute atomic E-state index is 0.0786. The molecule has 0 spiro atoms. The van der Waals surface area contributed by atoms with Crippen molar-refractivity contribution in [3.8, 4) is 0 Å². The van der Waals surface area contributed by atoms with Crippen molar-refractivity contribution in [2.45, 2.75) is 86.7 Å². The van der Waals surface area contributed by atoms with E-state index in [1.54, 1.807) is 12.1 Å². The molecule has 0 radical (unpaired) electrons. The fourth-order valence-corrected chi connectivity index (χ4v) is 6.74. The van der Waals surface area contributed by atoms with Gasteiger partial charge in [-0.25, -0.2) is 0 Å². The number of benzene rings is 1. The molecule has 1 heterocycles. The van der Waals surface area contributed by atoms with Crippen molar-refractivity contribution in [2.24, 2.45) is 22.2 Å². The Hall–Kier alpha value is -3.01. The molecule has 3 aliphatic rings. The van der Waals surface area contributed by atoms with Crippen LogP contribution in [-0.2, 0) is 14.3 Å². The summed E-state index contributed by atoms with van der Waals surface area (Å²) >= 11 is 0. The Bertz CT molecular complexity index is 1280. The predicted molar refractivity (Wildman–Crippen MR) is 152 cm³/mol. The summed E-state index contributed by atoms with van der Waals surface area (Å²) in [6.45, 7) is 16.0. The average molecular weight is 515 g/mol. The molecule has 3 atom stereocenters. The molecule has 1 aromatic rings. The molecule has 2 aliphatic carbocycles. The standard InChI is InChI=1S/C34H42O4/c1-22(2)13-12-19-33-21-25(17-16-23(3)4)32(7,8)34(30(33)37,27(35)24-14-10-9-11-15-24)29-26(28(33)36)18-20-31(5,6)38-29/h9-11,13-16,18,20,25H,12,17,19,21H2,1-8H3. The largest absolute Gasteiger partial charge is 0.486 e. The van der Waals surface area contributed by atoms with Crippen LogP contribution in [0, 0.1) is 22.2 Å². The molecular formula is C34H42O4. The van der Waals surface area contributed by atoms with Crippen LogP contribution in [0.3, 0.4) is 0 Å². The summed E-state index contributed by atoms with van der Waals surface area (Å²) in [4.78, 5) is 44.4. The summed E-state index contributed by atoms with van der Waals surface area (Å²) in [6.07, 6.45) is 10.0. The van der Waals surface area contributed by atoms with Crippen molar-refractivity contribution in [1.29, 1.82) is 0 Å². The molecule has 2 bridgehead atoms. The molecule has 1 aliphatic heterocycles. The van der Waals surface area contributed by atoms with Crippen LogP contribution in [0.4, 0.5) is 0 Å². The highest BCUT2D eigenvalue weighted by Gasteiger charge is 2.75. The van der Waals surface area contributed by atoms with Crippen LogP contribution in [0.5, 0.6) is 0 Å². The van der Waals surface area contributed by atoms with Crippen molar-refractivity contribution >= 4 is 17.3 Å². The molecule has 0 amide bonds. The van der Waals surface area contributed by atoms with Gasteiger partial charge in [0, 0.05) is 5.56 Å². The van der Waals surface area contributed by atoms with E-state index in [0.29, 0.717) is 36.8 Å². The molecule has 4 nitrogen and oxygen atoms in total. The number of hydrogen-bond acceptors (Lipinski definition) is 4. The summed E-state index contributed by atoms with van der Waals surface area (Å²) in [5.41, 5.74) is -1.27. The second kappa shape index (κ2) is 9.63. The second-order valence-electron chi connectivity index (χ2n) is 12.9. The first kappa shape index (κ1) is 28.0. The van der Waals surface area contributed by atoms with Gasteiger partial charge in [-0.1, -0.05) is 67.5 Å². The monoisotopic (exact) mass is 514 g/mol. The van der Waals surface area contributed by atoms with Gasteiger partial charge in [0.2, 0.25) is 0 Å². The topological polar surface area (TPSA) is 60.4 Å². The van der Waals surface area contributed by atoms with Crippen molar-refractivity contribution in [3.05, 3.63) is 82.7 Å². The normalized spacial score (nSPS) is 28.8. The quantitative estimate of drug-likeness (QED) is 0.212. The molecule has 1 aromatic carbocycles. The highest BCUT2D eigenvalue weighted by Crippen LogP contribution is 2.67.